The van der Waals surface area contributed by atoms with Crippen molar-refractivity contribution in [2.45, 2.75) is 37.6 Å². The van der Waals surface area contributed by atoms with E-state index in [0.717, 1.165) is 0 Å². The van der Waals surface area contributed by atoms with Crippen molar-refractivity contribution in [3.8, 4) is 5.75 Å². The molecule has 8 nitrogen and oxygen atoms in total. The lowest BCUT2D eigenvalue weighted by Crippen LogP contribution is -2.41. The van der Waals surface area contributed by atoms with Crippen molar-refractivity contribution in [2.75, 3.05) is 30.5 Å². The van der Waals surface area contributed by atoms with E-state index < -0.39 is 25.9 Å². The number of nitrogens with zero attached hydrogens (tertiary/aromatic N) is 1. The van der Waals surface area contributed by atoms with Crippen molar-refractivity contribution in [3.05, 3.63) is 18.2 Å². The zero-order valence-electron chi connectivity index (χ0n) is 15.1. The van der Waals surface area contributed by atoms with Gasteiger partial charge in [0.1, 0.15) is 5.75 Å². The minimum Gasteiger partial charge on any atom is -0.495 e. The van der Waals surface area contributed by atoms with Crippen LogP contribution in [0.3, 0.4) is 0 Å². The minimum absolute atomic E-state index is 0.00111. The molecule has 0 aromatic heterocycles. The average molecular weight is 405 g/mol. The number of hydrogen-bond acceptors (Lipinski definition) is 6. The second-order valence-corrected chi connectivity index (χ2v) is 10.3. The number of benzene rings is 1. The third-order valence-corrected chi connectivity index (χ3v) is 7.85. The zero-order valence-corrected chi connectivity index (χ0v) is 16.7. The molecule has 0 spiro atoms. The summed E-state index contributed by atoms with van der Waals surface area (Å²) in [6.45, 7) is 3.42. The van der Waals surface area contributed by atoms with Crippen LogP contribution >= 0.6 is 0 Å². The summed E-state index contributed by atoms with van der Waals surface area (Å²) in [4.78, 5) is 11.2. The highest BCUT2D eigenvalue weighted by molar-refractivity contribution is 7.92. The van der Waals surface area contributed by atoms with Gasteiger partial charge in [-0.25, -0.2) is 16.8 Å². The number of amides is 1. The van der Waals surface area contributed by atoms with E-state index in [1.165, 1.54) is 36.5 Å². The fourth-order valence-corrected chi connectivity index (χ4v) is 6.57. The Morgan fingerprint density at radius 2 is 2.08 bits per heavy atom. The van der Waals surface area contributed by atoms with Gasteiger partial charge in [0.15, 0.2) is 9.84 Å². The van der Waals surface area contributed by atoms with Crippen LogP contribution in [0.25, 0.3) is 0 Å². The van der Waals surface area contributed by atoms with Gasteiger partial charge in [-0.3, -0.25) is 4.79 Å². The topological polar surface area (TPSA) is 110 Å². The normalized spacial score (nSPS) is 19.5. The third kappa shape index (κ3) is 4.54. The van der Waals surface area contributed by atoms with E-state index in [-0.39, 0.29) is 34.6 Å². The monoisotopic (exact) mass is 404 g/mol. The SMILES string of the molecule is CCCN([C@@H]1CCS(=O)(=O)C1)S(=O)(=O)c1ccc(NC(C)=O)c(OC)c1. The van der Waals surface area contributed by atoms with Gasteiger partial charge in [0.25, 0.3) is 0 Å². The number of hydrogen-bond donors (Lipinski definition) is 1. The summed E-state index contributed by atoms with van der Waals surface area (Å²) in [5.74, 6) is -0.245. The zero-order chi connectivity index (χ0) is 19.5. The smallest absolute Gasteiger partial charge is 0.243 e. The number of methoxy groups -OCH3 is 1. The highest BCUT2D eigenvalue weighted by Crippen LogP contribution is 2.31. The lowest BCUT2D eigenvalue weighted by Gasteiger charge is -2.27. The maximum absolute atomic E-state index is 13.1. The number of ether oxygens (including phenoxy) is 1. The van der Waals surface area contributed by atoms with Crippen molar-refractivity contribution in [3.63, 3.8) is 0 Å². The molecule has 0 aliphatic carbocycles. The second-order valence-electron chi connectivity index (χ2n) is 6.22. The maximum Gasteiger partial charge on any atom is 0.243 e. The van der Waals surface area contributed by atoms with Crippen LogP contribution < -0.4 is 10.1 Å². The highest BCUT2D eigenvalue weighted by atomic mass is 32.2. The Labute approximate surface area is 154 Å². The van der Waals surface area contributed by atoms with E-state index >= 15 is 0 Å². The van der Waals surface area contributed by atoms with Gasteiger partial charge in [-0.2, -0.15) is 4.31 Å². The Kier molecular flexibility index (Phi) is 6.30. The molecule has 2 rings (SSSR count). The van der Waals surface area contributed by atoms with Crippen LogP contribution in [-0.2, 0) is 24.7 Å². The van der Waals surface area contributed by atoms with Crippen molar-refractivity contribution in [1.82, 2.24) is 4.31 Å². The van der Waals surface area contributed by atoms with Gasteiger partial charge in [-0.05, 0) is 25.0 Å². The van der Waals surface area contributed by atoms with Crippen LogP contribution in [0.1, 0.15) is 26.7 Å². The molecule has 1 aromatic carbocycles. The molecule has 1 heterocycles. The molecule has 1 amide bonds. The van der Waals surface area contributed by atoms with Gasteiger partial charge in [0, 0.05) is 25.6 Å². The van der Waals surface area contributed by atoms with Crippen LogP contribution in [0, 0.1) is 0 Å². The number of carbonyl (C=O) groups is 1. The lowest BCUT2D eigenvalue weighted by atomic mass is 10.2. The van der Waals surface area contributed by atoms with Gasteiger partial charge in [-0.15, -0.1) is 0 Å². The van der Waals surface area contributed by atoms with Crippen LogP contribution in [0.2, 0.25) is 0 Å². The number of anilines is 1. The average Bonchev–Trinajstić information content (AvgIpc) is 2.91. The Hall–Kier alpha value is -1.65. The van der Waals surface area contributed by atoms with Gasteiger partial charge in [0.05, 0.1) is 29.2 Å². The fraction of sp³-hybridized carbons (Fsp3) is 0.562. The molecule has 1 aliphatic heterocycles. The molecule has 146 valence electrons. The predicted octanol–water partition coefficient (Wildman–Crippen LogP) is 1.24. The first-order valence-corrected chi connectivity index (χ1v) is 11.5. The number of sulfone groups is 1. The molecule has 1 aromatic rings. The van der Waals surface area contributed by atoms with Crippen molar-refractivity contribution >= 4 is 31.5 Å². The Bertz CT molecular complexity index is 880. The lowest BCUT2D eigenvalue weighted by molar-refractivity contribution is -0.114. The summed E-state index contributed by atoms with van der Waals surface area (Å²) >= 11 is 0. The molecule has 1 saturated heterocycles. The van der Waals surface area contributed by atoms with Crippen LogP contribution in [0.4, 0.5) is 5.69 Å². The molecule has 1 N–H and O–H groups in total. The Morgan fingerprint density at radius 3 is 2.58 bits per heavy atom. The van der Waals surface area contributed by atoms with E-state index in [9.17, 15) is 21.6 Å². The van der Waals surface area contributed by atoms with E-state index in [1.807, 2.05) is 6.92 Å². The molecule has 10 heteroatoms. The predicted molar refractivity (Wildman–Crippen MR) is 98.5 cm³/mol. The molecule has 1 aliphatic rings. The van der Waals surface area contributed by atoms with Gasteiger partial charge >= 0.3 is 0 Å². The minimum atomic E-state index is -3.90. The molecule has 26 heavy (non-hydrogen) atoms. The summed E-state index contributed by atoms with van der Waals surface area (Å²) < 4.78 is 56.2. The standard InChI is InChI=1S/C16H24N2O6S2/c1-4-8-18(13-7-9-25(20,21)11-13)26(22,23)14-5-6-15(17-12(2)19)16(10-14)24-3/h5-6,10,13H,4,7-9,11H2,1-3H3,(H,17,19)/t13-/m1/s1. The van der Waals surface area contributed by atoms with Crippen LogP contribution in [0.5, 0.6) is 5.75 Å². The summed E-state index contributed by atoms with van der Waals surface area (Å²) in [6, 6.07) is 3.62. The second kappa shape index (κ2) is 7.93. The number of carbonyl (C=O) groups excluding carboxylic acids is 1. The summed E-state index contributed by atoms with van der Waals surface area (Å²) in [7, 11) is -5.73. The van der Waals surface area contributed by atoms with E-state index in [4.69, 9.17) is 4.74 Å². The molecular weight excluding hydrogens is 380 g/mol. The Morgan fingerprint density at radius 1 is 1.38 bits per heavy atom. The van der Waals surface area contributed by atoms with Crippen molar-refractivity contribution in [1.29, 1.82) is 0 Å². The molecule has 0 unspecified atom stereocenters. The molecule has 0 radical (unpaired) electrons. The van der Waals surface area contributed by atoms with Gasteiger partial charge in [-0.1, -0.05) is 6.92 Å². The summed E-state index contributed by atoms with van der Waals surface area (Å²) in [5, 5.41) is 2.57. The molecule has 1 atom stereocenters. The fourth-order valence-electron chi connectivity index (χ4n) is 2.98. The number of nitrogens with one attached hydrogen (secondary N) is 1. The van der Waals surface area contributed by atoms with Crippen LogP contribution in [-0.4, -0.2) is 58.3 Å². The highest BCUT2D eigenvalue weighted by Gasteiger charge is 2.38. The molecule has 0 bridgehead atoms. The molecule has 1 fully saturated rings. The molecule has 0 saturated carbocycles. The van der Waals surface area contributed by atoms with Crippen molar-refractivity contribution < 1.29 is 26.4 Å². The quantitative estimate of drug-likeness (QED) is 0.732. The Balaban J connectivity index is 2.41. The first-order chi connectivity index (χ1) is 12.1. The summed E-state index contributed by atoms with van der Waals surface area (Å²) in [5.41, 5.74) is 0.365. The van der Waals surface area contributed by atoms with Gasteiger partial charge < -0.3 is 10.1 Å². The van der Waals surface area contributed by atoms with Gasteiger partial charge in [0.2, 0.25) is 15.9 Å². The largest absolute Gasteiger partial charge is 0.495 e. The van der Waals surface area contributed by atoms with E-state index in [1.54, 1.807) is 0 Å². The van der Waals surface area contributed by atoms with E-state index in [2.05, 4.69) is 5.32 Å². The van der Waals surface area contributed by atoms with Crippen LogP contribution in [0.15, 0.2) is 23.1 Å². The van der Waals surface area contributed by atoms with E-state index in [0.29, 0.717) is 18.5 Å². The first-order valence-electron chi connectivity index (χ1n) is 8.28. The molecular formula is C16H24N2O6S2. The summed E-state index contributed by atoms with van der Waals surface area (Å²) in [6.07, 6.45) is 0.861. The first kappa shape index (κ1) is 20.7. The van der Waals surface area contributed by atoms with Crippen molar-refractivity contribution in [2.24, 2.45) is 0 Å². The number of rotatable bonds is 7. The third-order valence-electron chi connectivity index (χ3n) is 4.15. The number of sulfonamides is 1. The maximum atomic E-state index is 13.1.